The van der Waals surface area contributed by atoms with Crippen molar-refractivity contribution in [1.29, 1.82) is 0 Å². The lowest BCUT2D eigenvalue weighted by molar-refractivity contribution is 0.146. The number of nitrogens with one attached hydrogen (secondary N) is 1. The van der Waals surface area contributed by atoms with Gasteiger partial charge in [0.25, 0.3) is 0 Å². The number of unbranched alkanes of at least 4 members (excludes halogenated alkanes) is 1. The van der Waals surface area contributed by atoms with Crippen LogP contribution >= 0.6 is 0 Å². The Bertz CT molecular complexity index is 425. The number of pyridine rings is 1. The summed E-state index contributed by atoms with van der Waals surface area (Å²) in [6.07, 6.45) is 12.7. The molecule has 21 heavy (non-hydrogen) atoms. The van der Waals surface area contributed by atoms with E-state index >= 15 is 0 Å². The van der Waals surface area contributed by atoms with Gasteiger partial charge in [-0.2, -0.15) is 0 Å². The van der Waals surface area contributed by atoms with Gasteiger partial charge in [0.2, 0.25) is 0 Å². The monoisotopic (exact) mass is 287 g/mol. The van der Waals surface area contributed by atoms with E-state index in [1.165, 1.54) is 70.0 Å². The molecule has 3 heteroatoms. The van der Waals surface area contributed by atoms with E-state index in [0.717, 1.165) is 5.82 Å². The van der Waals surface area contributed by atoms with Crippen LogP contribution in [0.25, 0.3) is 0 Å². The van der Waals surface area contributed by atoms with Gasteiger partial charge in [-0.15, -0.1) is 0 Å². The highest BCUT2D eigenvalue weighted by atomic mass is 15.2. The van der Waals surface area contributed by atoms with Crippen molar-refractivity contribution in [2.24, 2.45) is 0 Å². The molecule has 1 aliphatic carbocycles. The van der Waals surface area contributed by atoms with Crippen molar-refractivity contribution in [1.82, 2.24) is 9.88 Å². The van der Waals surface area contributed by atoms with Gasteiger partial charge in [-0.1, -0.05) is 25.8 Å². The largest absolute Gasteiger partial charge is 0.367 e. The highest BCUT2D eigenvalue weighted by Gasteiger charge is 2.24. The van der Waals surface area contributed by atoms with E-state index < -0.39 is 0 Å². The van der Waals surface area contributed by atoms with E-state index in [1.54, 1.807) is 0 Å². The number of aromatic nitrogens is 1. The molecule has 2 aliphatic rings. The van der Waals surface area contributed by atoms with Crippen molar-refractivity contribution >= 4 is 5.82 Å². The van der Waals surface area contributed by atoms with E-state index in [9.17, 15) is 0 Å². The highest BCUT2D eigenvalue weighted by molar-refractivity contribution is 5.37. The number of likely N-dealkylation sites (tertiary alicyclic amines) is 1. The first kappa shape index (κ1) is 14.8. The predicted molar refractivity (Wildman–Crippen MR) is 88.6 cm³/mol. The summed E-state index contributed by atoms with van der Waals surface area (Å²) >= 11 is 0. The Kier molecular flexibility index (Phi) is 5.13. The van der Waals surface area contributed by atoms with Gasteiger partial charge in [0.15, 0.2) is 0 Å². The molecule has 1 N–H and O–H groups in total. The standard InChI is InChI=1S/C18H29N3/c1-2-3-12-21-13-5-4-9-17(21)15-10-11-18(19-14-15)20-16-7-6-8-16/h10-11,14,16-17H,2-9,12-13H2,1H3,(H,19,20)/t17-/m0/s1. The van der Waals surface area contributed by atoms with Gasteiger partial charge >= 0.3 is 0 Å². The molecule has 0 unspecified atom stereocenters. The second-order valence-corrected chi connectivity index (χ2v) is 6.65. The normalized spacial score (nSPS) is 23.8. The number of anilines is 1. The molecule has 0 radical (unpaired) electrons. The van der Waals surface area contributed by atoms with Gasteiger partial charge < -0.3 is 5.32 Å². The first-order valence-corrected chi connectivity index (χ1v) is 8.83. The summed E-state index contributed by atoms with van der Waals surface area (Å²) in [6.45, 7) is 4.78. The number of nitrogens with zero attached hydrogens (tertiary/aromatic N) is 2. The Morgan fingerprint density at radius 2 is 2.10 bits per heavy atom. The molecule has 3 nitrogen and oxygen atoms in total. The van der Waals surface area contributed by atoms with Crippen LogP contribution in [-0.4, -0.2) is 29.0 Å². The average Bonchev–Trinajstić information content (AvgIpc) is 2.50. The highest BCUT2D eigenvalue weighted by Crippen LogP contribution is 2.31. The van der Waals surface area contributed by atoms with Gasteiger partial charge in [-0.3, -0.25) is 4.90 Å². The van der Waals surface area contributed by atoms with E-state index in [0.29, 0.717) is 12.1 Å². The van der Waals surface area contributed by atoms with Gasteiger partial charge in [0.1, 0.15) is 5.82 Å². The third-order valence-electron chi connectivity index (χ3n) is 5.04. The maximum absolute atomic E-state index is 4.65. The van der Waals surface area contributed by atoms with Crippen molar-refractivity contribution in [2.45, 2.75) is 70.4 Å². The smallest absolute Gasteiger partial charge is 0.126 e. The third kappa shape index (κ3) is 3.76. The zero-order chi connectivity index (χ0) is 14.5. The molecule has 0 bridgehead atoms. The zero-order valence-corrected chi connectivity index (χ0v) is 13.4. The van der Waals surface area contributed by atoms with E-state index in [1.807, 2.05) is 0 Å². The SMILES string of the molecule is CCCCN1CCCC[C@H]1c1ccc(NC2CCC2)nc1. The molecule has 1 aliphatic heterocycles. The number of rotatable bonds is 6. The molecule has 1 aromatic rings. The predicted octanol–water partition coefficient (Wildman–Crippen LogP) is 4.37. The van der Waals surface area contributed by atoms with Crippen LogP contribution in [0.1, 0.15) is 69.9 Å². The summed E-state index contributed by atoms with van der Waals surface area (Å²) < 4.78 is 0. The lowest BCUT2D eigenvalue weighted by Gasteiger charge is -2.36. The Balaban J connectivity index is 1.62. The number of hydrogen-bond donors (Lipinski definition) is 1. The van der Waals surface area contributed by atoms with Gasteiger partial charge in [-0.05, 0) is 63.2 Å². The molecule has 1 atom stereocenters. The van der Waals surface area contributed by atoms with Crippen LogP contribution in [0.3, 0.4) is 0 Å². The van der Waals surface area contributed by atoms with Gasteiger partial charge in [0, 0.05) is 18.3 Å². The zero-order valence-electron chi connectivity index (χ0n) is 13.4. The fourth-order valence-electron chi connectivity index (χ4n) is 3.45. The topological polar surface area (TPSA) is 28.2 Å². The maximum Gasteiger partial charge on any atom is 0.126 e. The fourth-order valence-corrected chi connectivity index (χ4v) is 3.45. The van der Waals surface area contributed by atoms with Crippen molar-refractivity contribution in [3.05, 3.63) is 23.9 Å². The number of hydrogen-bond acceptors (Lipinski definition) is 3. The second-order valence-electron chi connectivity index (χ2n) is 6.65. The Labute approximate surface area is 129 Å². The summed E-state index contributed by atoms with van der Waals surface area (Å²) in [5.74, 6) is 1.05. The summed E-state index contributed by atoms with van der Waals surface area (Å²) in [5, 5.41) is 3.53. The molecule has 1 saturated carbocycles. The van der Waals surface area contributed by atoms with Crippen molar-refractivity contribution in [3.63, 3.8) is 0 Å². The van der Waals surface area contributed by atoms with Crippen LogP contribution in [0.5, 0.6) is 0 Å². The first-order chi connectivity index (χ1) is 10.4. The van der Waals surface area contributed by atoms with Crippen molar-refractivity contribution < 1.29 is 0 Å². The summed E-state index contributed by atoms with van der Waals surface area (Å²) in [6, 6.07) is 5.73. The molecule has 0 spiro atoms. The van der Waals surface area contributed by atoms with Crippen LogP contribution in [0.2, 0.25) is 0 Å². The summed E-state index contributed by atoms with van der Waals surface area (Å²) in [5.41, 5.74) is 1.41. The Morgan fingerprint density at radius 3 is 2.76 bits per heavy atom. The van der Waals surface area contributed by atoms with Crippen LogP contribution in [-0.2, 0) is 0 Å². The summed E-state index contributed by atoms with van der Waals surface area (Å²) in [4.78, 5) is 7.32. The minimum Gasteiger partial charge on any atom is -0.367 e. The molecule has 116 valence electrons. The quantitative estimate of drug-likeness (QED) is 0.842. The fraction of sp³-hybridized carbons (Fsp3) is 0.722. The van der Waals surface area contributed by atoms with Crippen molar-refractivity contribution in [2.75, 3.05) is 18.4 Å². The maximum atomic E-state index is 4.65. The molecule has 0 aromatic carbocycles. The molecular formula is C18H29N3. The summed E-state index contributed by atoms with van der Waals surface area (Å²) in [7, 11) is 0. The average molecular weight is 287 g/mol. The first-order valence-electron chi connectivity index (χ1n) is 8.83. The number of piperidine rings is 1. The van der Waals surface area contributed by atoms with E-state index in [2.05, 4.69) is 40.5 Å². The Morgan fingerprint density at radius 1 is 1.19 bits per heavy atom. The minimum atomic E-state index is 0.593. The molecule has 2 heterocycles. The molecular weight excluding hydrogens is 258 g/mol. The lowest BCUT2D eigenvalue weighted by atomic mass is 9.93. The molecule has 1 aromatic heterocycles. The van der Waals surface area contributed by atoms with E-state index in [-0.39, 0.29) is 0 Å². The molecule has 3 rings (SSSR count). The van der Waals surface area contributed by atoms with Gasteiger partial charge in [-0.25, -0.2) is 4.98 Å². The minimum absolute atomic E-state index is 0.593. The van der Waals surface area contributed by atoms with Crippen LogP contribution in [0.4, 0.5) is 5.82 Å². The molecule has 2 fully saturated rings. The van der Waals surface area contributed by atoms with Crippen LogP contribution < -0.4 is 5.32 Å². The van der Waals surface area contributed by atoms with Crippen LogP contribution in [0, 0.1) is 0 Å². The van der Waals surface area contributed by atoms with E-state index in [4.69, 9.17) is 0 Å². The van der Waals surface area contributed by atoms with Gasteiger partial charge in [0.05, 0.1) is 0 Å². The Hall–Kier alpha value is -1.09. The van der Waals surface area contributed by atoms with Crippen LogP contribution in [0.15, 0.2) is 18.3 Å². The lowest BCUT2D eigenvalue weighted by Crippen LogP contribution is -2.34. The second kappa shape index (κ2) is 7.26. The molecule has 1 saturated heterocycles. The molecule has 0 amide bonds. The third-order valence-corrected chi connectivity index (χ3v) is 5.04. The van der Waals surface area contributed by atoms with Crippen molar-refractivity contribution in [3.8, 4) is 0 Å².